The van der Waals surface area contributed by atoms with Crippen LogP contribution >= 0.6 is 15.6 Å². The molecule has 0 aromatic heterocycles. The zero-order chi connectivity index (χ0) is 35.3. The maximum absolute atomic E-state index is 13.0. The molecule has 0 fully saturated rings. The first-order valence-electron chi connectivity index (χ1n) is 15.4. The molecule has 0 amide bonds. The summed E-state index contributed by atoms with van der Waals surface area (Å²) in [7, 11) is -10.6. The van der Waals surface area contributed by atoms with Gasteiger partial charge in [-0.3, -0.25) is 19.6 Å². The molecule has 4 N–H and O–H groups in total. The number of phosphoric acid groups is 2. The van der Waals surface area contributed by atoms with Crippen LogP contribution in [0.4, 0.5) is 0 Å². The molecule has 0 atom stereocenters. The lowest BCUT2D eigenvalue weighted by atomic mass is 9.78. The van der Waals surface area contributed by atoms with Crippen molar-refractivity contribution < 1.29 is 37.8 Å². The summed E-state index contributed by atoms with van der Waals surface area (Å²) in [6.07, 6.45) is 0. The molecule has 48 heavy (non-hydrogen) atoms. The molecule has 0 aliphatic heterocycles. The lowest BCUT2D eigenvalue weighted by molar-refractivity contribution is 0.281. The Balaban J connectivity index is 2.27. The Morgan fingerprint density at radius 1 is 0.396 bits per heavy atom. The van der Waals surface area contributed by atoms with E-state index in [4.69, 9.17) is 9.05 Å². The predicted octanol–water partition coefficient (Wildman–Crippen LogP) is 9.76. The van der Waals surface area contributed by atoms with Crippen LogP contribution in [0.25, 0.3) is 44.5 Å². The third-order valence-electron chi connectivity index (χ3n) is 9.32. The van der Waals surface area contributed by atoms with E-state index in [1.165, 1.54) is 0 Å². The zero-order valence-electron chi connectivity index (χ0n) is 28.2. The van der Waals surface area contributed by atoms with Gasteiger partial charge in [0.2, 0.25) is 0 Å². The van der Waals surface area contributed by atoms with E-state index in [0.717, 1.165) is 38.9 Å². The van der Waals surface area contributed by atoms with Gasteiger partial charge >= 0.3 is 15.6 Å². The highest BCUT2D eigenvalue weighted by atomic mass is 31.2. The van der Waals surface area contributed by atoms with Gasteiger partial charge in [-0.15, -0.1) is 0 Å². The van der Waals surface area contributed by atoms with Gasteiger partial charge in [-0.05, 0) is 122 Å². The van der Waals surface area contributed by atoms with Crippen molar-refractivity contribution in [1.29, 1.82) is 0 Å². The molecule has 0 saturated heterocycles. The molecule has 0 bridgehead atoms. The average molecular weight is 687 g/mol. The van der Waals surface area contributed by atoms with E-state index in [1.807, 2.05) is 116 Å². The monoisotopic (exact) mass is 686 g/mol. The Hall–Kier alpha value is -4.00. The predicted molar refractivity (Wildman–Crippen MR) is 191 cm³/mol. The molecule has 250 valence electrons. The number of rotatable bonds is 8. The first kappa shape index (κ1) is 35.3. The quantitative estimate of drug-likeness (QED) is 0.119. The molecular formula is C38H40O8P2. The molecule has 8 nitrogen and oxygen atoms in total. The number of aryl methyl sites for hydroxylation is 4. The lowest BCUT2D eigenvalue weighted by Crippen LogP contribution is -2.07. The Kier molecular flexibility index (Phi) is 9.66. The molecule has 5 rings (SSSR count). The summed E-state index contributed by atoms with van der Waals surface area (Å²) >= 11 is 0. The minimum Gasteiger partial charge on any atom is -0.403 e. The minimum atomic E-state index is -5.29. The third kappa shape index (κ3) is 6.79. The second kappa shape index (κ2) is 13.1. The Morgan fingerprint density at radius 2 is 0.646 bits per heavy atom. The highest BCUT2D eigenvalue weighted by Crippen LogP contribution is 2.62. The normalized spacial score (nSPS) is 11.9. The van der Waals surface area contributed by atoms with E-state index in [1.54, 1.807) is 12.1 Å². The van der Waals surface area contributed by atoms with Crippen molar-refractivity contribution >= 4 is 15.6 Å². The van der Waals surface area contributed by atoms with Gasteiger partial charge < -0.3 is 9.05 Å². The molecule has 0 heterocycles. The molecule has 10 heteroatoms. The van der Waals surface area contributed by atoms with Crippen molar-refractivity contribution in [2.45, 2.75) is 55.4 Å². The fraction of sp³-hybridized carbons (Fsp3) is 0.211. The maximum atomic E-state index is 13.0. The standard InChI is InChI=1S/C38H40O8P2/c1-21-13-9-17-29(25(21)5)33-34(30-18-10-14-22(2)26(30)6)37(45-47(39,40)41)36(32-20-12-16-24(4)28(32)8)38(46-48(42,43)44)35(33)31-19-11-15-23(3)27(31)7/h9-20H,1-8H3,(H2,39,40,41)(H2,42,43,44). The number of hydrogen-bond donors (Lipinski definition) is 4. The molecule has 0 aliphatic carbocycles. The van der Waals surface area contributed by atoms with E-state index in [9.17, 15) is 28.7 Å². The fourth-order valence-electron chi connectivity index (χ4n) is 6.24. The zero-order valence-corrected chi connectivity index (χ0v) is 30.0. The summed E-state index contributed by atoms with van der Waals surface area (Å²) in [5, 5.41) is 0. The highest BCUT2D eigenvalue weighted by Gasteiger charge is 2.37. The van der Waals surface area contributed by atoms with Gasteiger partial charge in [-0.1, -0.05) is 72.8 Å². The van der Waals surface area contributed by atoms with Crippen LogP contribution < -0.4 is 9.05 Å². The summed E-state index contributed by atoms with van der Waals surface area (Å²) in [4.78, 5) is 42.0. The molecular weight excluding hydrogens is 646 g/mol. The first-order valence-corrected chi connectivity index (χ1v) is 18.5. The van der Waals surface area contributed by atoms with Crippen LogP contribution in [0.1, 0.15) is 44.5 Å². The SMILES string of the molecule is Cc1cccc(-c2c(OP(=O)(O)O)c(-c3cccc(C)c3C)c(-c3cccc(C)c3C)c(-c3cccc(C)c3C)c2OP(=O)(O)O)c1C. The smallest absolute Gasteiger partial charge is 0.403 e. The summed E-state index contributed by atoms with van der Waals surface area (Å²) < 4.78 is 37.4. The van der Waals surface area contributed by atoms with Crippen LogP contribution in [-0.2, 0) is 9.13 Å². The maximum Gasteiger partial charge on any atom is 0.524 e. The highest BCUT2D eigenvalue weighted by molar-refractivity contribution is 7.47. The van der Waals surface area contributed by atoms with Gasteiger partial charge in [-0.25, -0.2) is 9.13 Å². The van der Waals surface area contributed by atoms with E-state index in [-0.39, 0.29) is 17.1 Å². The van der Waals surface area contributed by atoms with Gasteiger partial charge in [0, 0.05) is 16.7 Å². The first-order chi connectivity index (χ1) is 22.4. The van der Waals surface area contributed by atoms with Crippen LogP contribution in [0.15, 0.2) is 72.8 Å². The summed E-state index contributed by atoms with van der Waals surface area (Å²) in [5.41, 5.74) is 10.5. The van der Waals surface area contributed by atoms with Crippen LogP contribution in [0, 0.1) is 55.4 Å². The largest absolute Gasteiger partial charge is 0.524 e. The number of hydrogen-bond acceptors (Lipinski definition) is 4. The molecule has 0 spiro atoms. The van der Waals surface area contributed by atoms with Crippen LogP contribution in [0.5, 0.6) is 11.5 Å². The molecule has 0 radical (unpaired) electrons. The van der Waals surface area contributed by atoms with Gasteiger partial charge in [0.15, 0.2) is 11.5 Å². The van der Waals surface area contributed by atoms with Crippen molar-refractivity contribution in [1.82, 2.24) is 0 Å². The van der Waals surface area contributed by atoms with E-state index < -0.39 is 15.6 Å². The third-order valence-corrected chi connectivity index (χ3v) is 10.2. The van der Waals surface area contributed by atoms with Crippen molar-refractivity contribution in [3.05, 3.63) is 117 Å². The van der Waals surface area contributed by atoms with Crippen LogP contribution in [0.2, 0.25) is 0 Å². The van der Waals surface area contributed by atoms with E-state index in [2.05, 4.69) is 0 Å². The van der Waals surface area contributed by atoms with Crippen LogP contribution in [-0.4, -0.2) is 19.6 Å². The lowest BCUT2D eigenvalue weighted by Gasteiger charge is -2.30. The molecule has 5 aromatic rings. The summed E-state index contributed by atoms with van der Waals surface area (Å²) in [6, 6.07) is 22.5. The Morgan fingerprint density at radius 3 is 0.917 bits per heavy atom. The van der Waals surface area contributed by atoms with Gasteiger partial charge in [0.1, 0.15) is 0 Å². The van der Waals surface area contributed by atoms with Crippen molar-refractivity contribution in [3.63, 3.8) is 0 Å². The number of phosphoric ester groups is 2. The molecule has 0 aliphatic rings. The molecule has 0 saturated carbocycles. The molecule has 5 aromatic carbocycles. The summed E-state index contributed by atoms with van der Waals surface area (Å²) in [5.74, 6) is -0.502. The second-order valence-electron chi connectivity index (χ2n) is 12.3. The fourth-order valence-corrected chi connectivity index (χ4v) is 7.08. The Labute approximate surface area is 281 Å². The van der Waals surface area contributed by atoms with Crippen molar-refractivity contribution in [3.8, 4) is 56.0 Å². The summed E-state index contributed by atoms with van der Waals surface area (Å²) in [6.45, 7) is 15.4. The Bertz CT molecular complexity index is 2070. The van der Waals surface area contributed by atoms with Gasteiger partial charge in [0.05, 0.1) is 5.56 Å². The second-order valence-corrected chi connectivity index (χ2v) is 14.6. The van der Waals surface area contributed by atoms with E-state index >= 15 is 0 Å². The van der Waals surface area contributed by atoms with Gasteiger partial charge in [-0.2, -0.15) is 0 Å². The van der Waals surface area contributed by atoms with Crippen molar-refractivity contribution in [2.24, 2.45) is 0 Å². The molecule has 0 unspecified atom stereocenters. The minimum absolute atomic E-state index is 0.0173. The van der Waals surface area contributed by atoms with Crippen LogP contribution in [0.3, 0.4) is 0 Å². The van der Waals surface area contributed by atoms with Crippen molar-refractivity contribution in [2.75, 3.05) is 0 Å². The average Bonchev–Trinajstić information content (AvgIpc) is 2.98. The van der Waals surface area contributed by atoms with E-state index in [0.29, 0.717) is 44.5 Å². The van der Waals surface area contributed by atoms with Gasteiger partial charge in [0.25, 0.3) is 0 Å². The topological polar surface area (TPSA) is 134 Å². The number of benzene rings is 5.